The van der Waals surface area contributed by atoms with Crippen LogP contribution < -0.4 is 20.2 Å². The molecule has 6 aromatic rings. The van der Waals surface area contributed by atoms with Crippen molar-refractivity contribution in [2.24, 2.45) is 0 Å². The van der Waals surface area contributed by atoms with Gasteiger partial charge in [0, 0.05) is 51.2 Å². The number of hydrogen-bond acceptors (Lipinski definition) is 3. The van der Waals surface area contributed by atoms with E-state index in [4.69, 9.17) is 0 Å². The van der Waals surface area contributed by atoms with Gasteiger partial charge >= 0.3 is 0 Å². The number of rotatable bonds is 5. The minimum atomic E-state index is 0.0506. The van der Waals surface area contributed by atoms with Gasteiger partial charge in [0.2, 0.25) is 6.71 Å². The molecule has 3 aliphatic heterocycles. The molecule has 3 nitrogen and oxygen atoms in total. The van der Waals surface area contributed by atoms with E-state index >= 15 is 0 Å². The summed E-state index contributed by atoms with van der Waals surface area (Å²) in [6.07, 6.45) is 25.1. The summed E-state index contributed by atoms with van der Waals surface area (Å²) in [6, 6.07) is 53.6. The van der Waals surface area contributed by atoms with Crippen molar-refractivity contribution in [3.63, 3.8) is 0 Å². The molecule has 0 spiro atoms. The molecule has 6 aliphatic rings. The summed E-state index contributed by atoms with van der Waals surface area (Å²) in [5.74, 6) is 0.515. The van der Waals surface area contributed by atoms with Gasteiger partial charge in [-0.25, -0.2) is 0 Å². The number of anilines is 5. The molecule has 5 atom stereocenters. The first-order valence-electron chi connectivity index (χ1n) is 24.2. The summed E-state index contributed by atoms with van der Waals surface area (Å²) >= 11 is 0. The van der Waals surface area contributed by atoms with E-state index in [0.29, 0.717) is 5.92 Å². The molecular formula is C62H58BN3. The van der Waals surface area contributed by atoms with E-state index in [1.165, 1.54) is 84.0 Å². The second-order valence-electron chi connectivity index (χ2n) is 21.2. The number of nitrogens with zero attached hydrogens (tertiary/aromatic N) is 3. The van der Waals surface area contributed by atoms with Crippen molar-refractivity contribution in [2.45, 2.75) is 88.7 Å². The summed E-state index contributed by atoms with van der Waals surface area (Å²) < 4.78 is 0. The molecule has 66 heavy (non-hydrogen) atoms. The summed E-state index contributed by atoms with van der Waals surface area (Å²) in [5, 5.41) is 0. The average Bonchev–Trinajstić information content (AvgIpc) is 3.68. The van der Waals surface area contributed by atoms with Crippen molar-refractivity contribution in [2.75, 3.05) is 14.7 Å². The first-order valence-corrected chi connectivity index (χ1v) is 24.2. The van der Waals surface area contributed by atoms with E-state index in [1.54, 1.807) is 0 Å². The second-order valence-corrected chi connectivity index (χ2v) is 21.2. The lowest BCUT2D eigenvalue weighted by molar-refractivity contribution is 0.590. The second kappa shape index (κ2) is 15.4. The molecule has 0 aromatic heterocycles. The van der Waals surface area contributed by atoms with Crippen molar-refractivity contribution in [3.05, 3.63) is 228 Å². The Morgan fingerprint density at radius 2 is 1.06 bits per heavy atom. The van der Waals surface area contributed by atoms with Crippen LogP contribution in [0.1, 0.15) is 70.6 Å². The van der Waals surface area contributed by atoms with Gasteiger partial charge in [-0.3, -0.25) is 0 Å². The molecule has 5 unspecified atom stereocenters. The molecular weight excluding hydrogens is 798 g/mol. The first kappa shape index (κ1) is 40.7. The summed E-state index contributed by atoms with van der Waals surface area (Å²) in [5.41, 5.74) is 19.8. The van der Waals surface area contributed by atoms with Crippen LogP contribution in [0.2, 0.25) is 5.82 Å². The van der Waals surface area contributed by atoms with Gasteiger partial charge in [0.1, 0.15) is 0 Å². The van der Waals surface area contributed by atoms with Crippen LogP contribution in [0.25, 0.3) is 22.3 Å². The van der Waals surface area contributed by atoms with Crippen LogP contribution in [-0.4, -0.2) is 24.8 Å². The molecule has 3 heterocycles. The lowest BCUT2D eigenvalue weighted by Crippen LogP contribution is -2.61. The molecule has 0 amide bonds. The van der Waals surface area contributed by atoms with E-state index in [-0.39, 0.29) is 41.5 Å². The average molecular weight is 856 g/mol. The highest BCUT2D eigenvalue weighted by molar-refractivity contribution is 6.85. The van der Waals surface area contributed by atoms with Crippen molar-refractivity contribution >= 4 is 40.6 Å². The summed E-state index contributed by atoms with van der Waals surface area (Å²) in [7, 11) is 0. The van der Waals surface area contributed by atoms with Crippen LogP contribution >= 0.6 is 0 Å². The fraction of sp³-hybridized carbons (Fsp3) is 0.226. The number of hydrogen-bond donors (Lipinski definition) is 0. The third-order valence-electron chi connectivity index (χ3n) is 15.3. The Hall–Kier alpha value is -6.78. The van der Waals surface area contributed by atoms with Gasteiger partial charge in [0.15, 0.2) is 0 Å². The van der Waals surface area contributed by atoms with E-state index < -0.39 is 0 Å². The zero-order valence-corrected chi connectivity index (χ0v) is 39.1. The van der Waals surface area contributed by atoms with Gasteiger partial charge in [-0.05, 0) is 98.8 Å². The van der Waals surface area contributed by atoms with E-state index in [9.17, 15) is 0 Å². The standard InChI is InChI=1S/C62H58BN3/c1-61(2,3)43-34-30-41(31-35-43)46-18-7-12-23-52(46)65-56-27-16-11-22-50(56)63-51-39-38-45(64-54-25-14-9-20-48(54)49-21-10-15-26-55(49)64)40-59(51)66(58-29-17-28-57(65)60(58)63)53-24-13-8-19-47(53)42-32-36-44(37-33-42)62(4,5)6/h7-26,28-40,48,51,54,56,59H,27H2,1-6H3. The highest BCUT2D eigenvalue weighted by Crippen LogP contribution is 2.54. The van der Waals surface area contributed by atoms with Crippen molar-refractivity contribution in [1.82, 2.24) is 0 Å². The normalized spacial score (nSPS) is 22.3. The van der Waals surface area contributed by atoms with E-state index in [2.05, 4.69) is 257 Å². The Labute approximate surface area is 392 Å². The SMILES string of the molecule is CC(C)(C)c1ccc(-c2ccccc2N2c3cccc4c3B(C3=CC=CCC32)C2C=CC(N3c5ccccc5C5C=CC=CC53)=CC2N4c2ccccc2-c2ccc(C(C)(C)C)cc2)cc1. The molecule has 0 saturated carbocycles. The topological polar surface area (TPSA) is 9.72 Å². The zero-order chi connectivity index (χ0) is 44.9. The molecule has 0 saturated heterocycles. The molecule has 3 aliphatic carbocycles. The number of benzene rings is 6. The predicted octanol–water partition coefficient (Wildman–Crippen LogP) is 14.7. The first-order chi connectivity index (χ1) is 32.0. The van der Waals surface area contributed by atoms with Gasteiger partial charge in [-0.15, -0.1) is 0 Å². The Kier molecular flexibility index (Phi) is 9.51. The Balaban J connectivity index is 1.07. The molecule has 12 rings (SSSR count). The maximum Gasteiger partial charge on any atom is 0.221 e. The van der Waals surface area contributed by atoms with Crippen LogP contribution in [0.3, 0.4) is 0 Å². The highest BCUT2D eigenvalue weighted by Gasteiger charge is 2.52. The Bertz CT molecular complexity index is 3080. The fourth-order valence-electron chi connectivity index (χ4n) is 12.1. The highest BCUT2D eigenvalue weighted by atomic mass is 15.2. The van der Waals surface area contributed by atoms with Crippen molar-refractivity contribution in [3.8, 4) is 22.3 Å². The minimum Gasteiger partial charge on any atom is -0.335 e. The van der Waals surface area contributed by atoms with E-state index in [0.717, 1.165) is 6.42 Å². The molecule has 0 N–H and O–H groups in total. The molecule has 4 heteroatoms. The van der Waals surface area contributed by atoms with Crippen LogP contribution in [0.5, 0.6) is 0 Å². The smallest absolute Gasteiger partial charge is 0.221 e. The number of fused-ring (bicyclic) bond motifs is 7. The lowest BCUT2D eigenvalue weighted by Gasteiger charge is -2.54. The Morgan fingerprint density at radius 1 is 0.500 bits per heavy atom. The van der Waals surface area contributed by atoms with Crippen LogP contribution in [0.15, 0.2) is 211 Å². The van der Waals surface area contributed by atoms with Gasteiger partial charge < -0.3 is 14.7 Å². The van der Waals surface area contributed by atoms with Gasteiger partial charge in [0.25, 0.3) is 0 Å². The molecule has 0 bridgehead atoms. The third kappa shape index (κ3) is 6.47. The van der Waals surface area contributed by atoms with Crippen molar-refractivity contribution in [1.29, 1.82) is 0 Å². The van der Waals surface area contributed by atoms with Gasteiger partial charge in [-0.1, -0.05) is 205 Å². The van der Waals surface area contributed by atoms with Crippen molar-refractivity contribution < 1.29 is 0 Å². The van der Waals surface area contributed by atoms with Gasteiger partial charge in [-0.2, -0.15) is 0 Å². The molecule has 324 valence electrons. The minimum absolute atomic E-state index is 0.0506. The number of para-hydroxylation sites is 3. The van der Waals surface area contributed by atoms with E-state index in [1.807, 2.05) is 0 Å². The largest absolute Gasteiger partial charge is 0.335 e. The summed E-state index contributed by atoms with van der Waals surface area (Å²) in [6.45, 7) is 14.0. The number of allylic oxidation sites excluding steroid dienone is 5. The third-order valence-corrected chi connectivity index (χ3v) is 15.3. The van der Waals surface area contributed by atoms with Crippen LogP contribution in [0, 0.1) is 0 Å². The quantitative estimate of drug-likeness (QED) is 0.160. The maximum absolute atomic E-state index is 2.72. The molecule has 0 radical (unpaired) electrons. The van der Waals surface area contributed by atoms with Crippen LogP contribution in [-0.2, 0) is 10.8 Å². The summed E-state index contributed by atoms with van der Waals surface area (Å²) in [4.78, 5) is 8.04. The maximum atomic E-state index is 2.72. The Morgan fingerprint density at radius 3 is 1.71 bits per heavy atom. The molecule has 0 fully saturated rings. The lowest BCUT2D eigenvalue weighted by atomic mass is 9.27. The van der Waals surface area contributed by atoms with Gasteiger partial charge in [0.05, 0.1) is 18.1 Å². The zero-order valence-electron chi connectivity index (χ0n) is 39.1. The predicted molar refractivity (Wildman–Crippen MR) is 281 cm³/mol. The molecule has 6 aromatic carbocycles. The monoisotopic (exact) mass is 855 g/mol. The van der Waals surface area contributed by atoms with Crippen LogP contribution in [0.4, 0.5) is 28.4 Å². The fourth-order valence-corrected chi connectivity index (χ4v) is 12.1.